The van der Waals surface area contributed by atoms with E-state index >= 15 is 0 Å². The number of ether oxygens (including phenoxy) is 4. The van der Waals surface area contributed by atoms with Gasteiger partial charge in [-0.2, -0.15) is 0 Å². The van der Waals surface area contributed by atoms with Crippen LogP contribution in [-0.4, -0.2) is 20.2 Å². The number of benzene rings is 3. The van der Waals surface area contributed by atoms with E-state index in [-0.39, 0.29) is 6.61 Å². The van der Waals surface area contributed by atoms with Crippen molar-refractivity contribution >= 4 is 11.5 Å². The van der Waals surface area contributed by atoms with Gasteiger partial charge in [0.05, 0.1) is 20.5 Å². The van der Waals surface area contributed by atoms with E-state index in [0.717, 1.165) is 16.9 Å². The lowest BCUT2D eigenvalue weighted by Gasteiger charge is -2.13. The number of carbonyl (C=O) groups excluding carboxylic acids is 1. The minimum absolute atomic E-state index is 0.289. The largest absolute Gasteiger partial charge is 0.503 e. The Kier molecular flexibility index (Phi) is 7.50. The number of esters is 1. The molecule has 5 nitrogen and oxygen atoms in total. The maximum absolute atomic E-state index is 12.1. The maximum atomic E-state index is 12.1. The summed E-state index contributed by atoms with van der Waals surface area (Å²) in [7, 11) is 2.83. The summed E-state index contributed by atoms with van der Waals surface area (Å²) in [6.07, 6.45) is 1.38. The quantitative estimate of drug-likeness (QED) is 0.285. The van der Waals surface area contributed by atoms with Gasteiger partial charge in [-0.05, 0) is 41.0 Å². The highest BCUT2D eigenvalue weighted by Crippen LogP contribution is 2.23. The van der Waals surface area contributed by atoms with Gasteiger partial charge >= 0.3 is 5.97 Å². The molecule has 3 rings (SSSR count). The van der Waals surface area contributed by atoms with Crippen molar-refractivity contribution in [3.8, 4) is 11.5 Å². The Bertz CT molecular complexity index is 995. The molecule has 0 saturated heterocycles. The molecule has 0 spiro atoms. The lowest BCUT2D eigenvalue weighted by atomic mass is 10.0. The smallest absolute Gasteiger partial charge is 0.341 e. The summed E-state index contributed by atoms with van der Waals surface area (Å²) in [5, 5.41) is 0. The Morgan fingerprint density at radius 2 is 1.50 bits per heavy atom. The Morgan fingerprint density at radius 3 is 2.27 bits per heavy atom. The first-order valence-electron chi connectivity index (χ1n) is 9.50. The Balaban J connectivity index is 1.70. The third-order valence-corrected chi connectivity index (χ3v) is 4.39. The molecule has 0 aliphatic carbocycles. The minimum Gasteiger partial charge on any atom is -0.503 e. The molecule has 0 saturated carbocycles. The van der Waals surface area contributed by atoms with Crippen molar-refractivity contribution in [1.29, 1.82) is 0 Å². The van der Waals surface area contributed by atoms with Crippen molar-refractivity contribution in [2.24, 2.45) is 0 Å². The van der Waals surface area contributed by atoms with Crippen LogP contribution < -0.4 is 9.47 Å². The third kappa shape index (κ3) is 5.64. The normalized spacial score (nSPS) is 10.9. The van der Waals surface area contributed by atoms with Crippen LogP contribution in [0.15, 0.2) is 85.1 Å². The first kappa shape index (κ1) is 21.0. The Morgan fingerprint density at radius 1 is 0.800 bits per heavy atom. The van der Waals surface area contributed by atoms with Gasteiger partial charge in [-0.25, -0.2) is 4.79 Å². The highest BCUT2D eigenvalue weighted by molar-refractivity contribution is 6.16. The molecule has 0 aromatic heterocycles. The fraction of sp³-hybridized carbons (Fsp3) is 0.160. The number of rotatable bonds is 9. The average Bonchev–Trinajstić information content (AvgIpc) is 2.80. The van der Waals surface area contributed by atoms with Gasteiger partial charge in [0.15, 0.2) is 0 Å². The van der Waals surface area contributed by atoms with Gasteiger partial charge in [0.25, 0.3) is 0 Å². The molecule has 0 atom stereocenters. The molecule has 0 amide bonds. The molecule has 0 aliphatic heterocycles. The number of hydrogen-bond acceptors (Lipinski definition) is 5. The second kappa shape index (κ2) is 10.7. The van der Waals surface area contributed by atoms with Crippen molar-refractivity contribution in [2.75, 3.05) is 14.2 Å². The monoisotopic (exact) mass is 404 g/mol. The van der Waals surface area contributed by atoms with E-state index in [0.29, 0.717) is 23.5 Å². The SMILES string of the molecule is CO/C=C(/C(=O)OC)c1ccccc1COc1cccc(COc2ccccc2)c1. The Hall–Kier alpha value is -3.73. The molecule has 3 aromatic carbocycles. The van der Waals surface area contributed by atoms with Crippen LogP contribution >= 0.6 is 0 Å². The van der Waals surface area contributed by atoms with E-state index in [1.807, 2.05) is 78.9 Å². The summed E-state index contributed by atoms with van der Waals surface area (Å²) in [5.74, 6) is 1.07. The van der Waals surface area contributed by atoms with E-state index in [2.05, 4.69) is 0 Å². The molecule has 30 heavy (non-hydrogen) atoms. The van der Waals surface area contributed by atoms with Crippen LogP contribution in [0.5, 0.6) is 11.5 Å². The highest BCUT2D eigenvalue weighted by Gasteiger charge is 2.16. The van der Waals surface area contributed by atoms with Gasteiger partial charge in [0.1, 0.15) is 30.3 Å². The van der Waals surface area contributed by atoms with Crippen molar-refractivity contribution < 1.29 is 23.7 Å². The van der Waals surface area contributed by atoms with Crippen LogP contribution in [0.4, 0.5) is 0 Å². The summed E-state index contributed by atoms with van der Waals surface area (Å²) in [4.78, 5) is 12.1. The fourth-order valence-electron chi connectivity index (χ4n) is 2.93. The highest BCUT2D eigenvalue weighted by atomic mass is 16.5. The van der Waals surface area contributed by atoms with E-state index in [9.17, 15) is 4.79 Å². The molecule has 0 radical (unpaired) electrons. The topological polar surface area (TPSA) is 54.0 Å². The van der Waals surface area contributed by atoms with Gasteiger partial charge in [0.2, 0.25) is 0 Å². The van der Waals surface area contributed by atoms with E-state index < -0.39 is 5.97 Å². The van der Waals surface area contributed by atoms with Crippen molar-refractivity contribution in [3.05, 3.63) is 102 Å². The van der Waals surface area contributed by atoms with Crippen molar-refractivity contribution in [1.82, 2.24) is 0 Å². The molecule has 0 N–H and O–H groups in total. The van der Waals surface area contributed by atoms with Crippen LogP contribution in [-0.2, 0) is 27.5 Å². The number of hydrogen-bond donors (Lipinski definition) is 0. The van der Waals surface area contributed by atoms with Crippen LogP contribution in [0.1, 0.15) is 16.7 Å². The minimum atomic E-state index is -0.468. The molecule has 0 aliphatic rings. The van der Waals surface area contributed by atoms with Gasteiger partial charge in [-0.15, -0.1) is 0 Å². The first-order chi connectivity index (χ1) is 14.7. The van der Waals surface area contributed by atoms with E-state index in [1.54, 1.807) is 0 Å². The second-order valence-corrected chi connectivity index (χ2v) is 6.45. The van der Waals surface area contributed by atoms with Gasteiger partial charge in [0, 0.05) is 0 Å². The molecular weight excluding hydrogens is 380 g/mol. The summed E-state index contributed by atoms with van der Waals surface area (Å²) in [5.41, 5.74) is 2.88. The summed E-state index contributed by atoms with van der Waals surface area (Å²) in [6.45, 7) is 0.734. The third-order valence-electron chi connectivity index (χ3n) is 4.39. The maximum Gasteiger partial charge on any atom is 0.341 e. The zero-order chi connectivity index (χ0) is 21.2. The van der Waals surface area contributed by atoms with Crippen molar-refractivity contribution in [2.45, 2.75) is 13.2 Å². The molecule has 0 unspecified atom stereocenters. The molecule has 3 aromatic rings. The first-order valence-corrected chi connectivity index (χ1v) is 9.50. The summed E-state index contributed by atoms with van der Waals surface area (Å²) < 4.78 is 21.7. The molecule has 5 heteroatoms. The summed E-state index contributed by atoms with van der Waals surface area (Å²) in [6, 6.07) is 24.9. The standard InChI is InChI=1S/C25H24O5/c1-27-18-24(25(26)28-2)23-14-7-6-10-20(23)17-30-22-13-8-9-19(15-22)16-29-21-11-4-3-5-12-21/h3-15,18H,16-17H2,1-2H3/b24-18+. The Labute approximate surface area is 176 Å². The van der Waals surface area contributed by atoms with E-state index in [4.69, 9.17) is 18.9 Å². The van der Waals surface area contributed by atoms with E-state index in [1.165, 1.54) is 20.5 Å². The molecule has 0 fully saturated rings. The predicted octanol–water partition coefficient (Wildman–Crippen LogP) is 5.00. The van der Waals surface area contributed by atoms with Gasteiger partial charge in [-0.1, -0.05) is 54.6 Å². The zero-order valence-electron chi connectivity index (χ0n) is 17.0. The van der Waals surface area contributed by atoms with Crippen LogP contribution in [0.25, 0.3) is 5.57 Å². The zero-order valence-corrected chi connectivity index (χ0v) is 17.0. The van der Waals surface area contributed by atoms with Crippen LogP contribution in [0.3, 0.4) is 0 Å². The molecule has 0 bridgehead atoms. The predicted molar refractivity (Wildman–Crippen MR) is 115 cm³/mol. The summed E-state index contributed by atoms with van der Waals surface area (Å²) >= 11 is 0. The number of methoxy groups -OCH3 is 2. The lowest BCUT2D eigenvalue weighted by molar-refractivity contribution is -0.133. The van der Waals surface area contributed by atoms with Crippen molar-refractivity contribution in [3.63, 3.8) is 0 Å². The van der Waals surface area contributed by atoms with Crippen LogP contribution in [0, 0.1) is 0 Å². The number of carbonyl (C=O) groups is 1. The molecule has 0 heterocycles. The average molecular weight is 404 g/mol. The van der Waals surface area contributed by atoms with Gasteiger partial charge < -0.3 is 18.9 Å². The lowest BCUT2D eigenvalue weighted by Crippen LogP contribution is -2.08. The van der Waals surface area contributed by atoms with Crippen LogP contribution in [0.2, 0.25) is 0 Å². The second-order valence-electron chi connectivity index (χ2n) is 6.45. The van der Waals surface area contributed by atoms with Gasteiger partial charge in [-0.3, -0.25) is 0 Å². The number of para-hydroxylation sites is 1. The fourth-order valence-corrected chi connectivity index (χ4v) is 2.93. The molecular formula is C25H24O5. The molecule has 154 valence electrons.